The summed E-state index contributed by atoms with van der Waals surface area (Å²) in [4.78, 5) is 5.09. The lowest BCUT2D eigenvalue weighted by atomic mass is 10.1. The highest BCUT2D eigenvalue weighted by atomic mass is 15.3. The second-order valence-electron chi connectivity index (χ2n) is 5.60. The van der Waals surface area contributed by atoms with E-state index in [1.807, 2.05) is 0 Å². The lowest BCUT2D eigenvalue weighted by Gasteiger charge is -2.42. The van der Waals surface area contributed by atoms with Crippen LogP contribution < -0.4 is 5.73 Å². The van der Waals surface area contributed by atoms with Crippen LogP contribution in [0.5, 0.6) is 0 Å². The fourth-order valence-corrected chi connectivity index (χ4v) is 2.50. The zero-order chi connectivity index (χ0) is 12.1. The summed E-state index contributed by atoms with van der Waals surface area (Å²) in [5.74, 6) is 0. The third-order valence-corrected chi connectivity index (χ3v) is 3.82. The second kappa shape index (κ2) is 6.58. The molecule has 2 N–H and O–H groups in total. The molecule has 0 saturated carbocycles. The second-order valence-corrected chi connectivity index (χ2v) is 5.60. The summed E-state index contributed by atoms with van der Waals surface area (Å²) < 4.78 is 0. The first-order valence-electron chi connectivity index (χ1n) is 6.70. The van der Waals surface area contributed by atoms with Gasteiger partial charge in [-0.15, -0.1) is 0 Å². The van der Waals surface area contributed by atoms with Crippen LogP contribution in [0.3, 0.4) is 0 Å². The lowest BCUT2D eigenvalue weighted by Crippen LogP contribution is -2.54. The number of rotatable bonds is 5. The molecular weight excluding hydrogens is 198 g/mol. The molecule has 3 nitrogen and oxygen atoms in total. The van der Waals surface area contributed by atoms with Crippen LogP contribution in [0.2, 0.25) is 0 Å². The van der Waals surface area contributed by atoms with E-state index < -0.39 is 0 Å². The summed E-state index contributed by atoms with van der Waals surface area (Å²) in [6.07, 6.45) is 3.73. The third-order valence-electron chi connectivity index (χ3n) is 3.82. The summed E-state index contributed by atoms with van der Waals surface area (Å²) in [6.45, 7) is 10.4. The van der Waals surface area contributed by atoms with Crippen LogP contribution in [-0.4, -0.2) is 54.6 Å². The molecule has 0 aromatic rings. The molecule has 0 bridgehead atoms. The van der Waals surface area contributed by atoms with Gasteiger partial charge in [-0.2, -0.15) is 0 Å². The quantitative estimate of drug-likeness (QED) is 0.723. The molecule has 3 heteroatoms. The number of nitrogens with zero attached hydrogens (tertiary/aromatic N) is 2. The molecule has 0 aliphatic carbocycles. The van der Waals surface area contributed by atoms with Gasteiger partial charge in [0.2, 0.25) is 0 Å². The molecule has 0 aromatic carbocycles. The van der Waals surface area contributed by atoms with Gasteiger partial charge in [-0.05, 0) is 47.2 Å². The molecule has 0 amide bonds. The normalized spacial score (nSPS) is 30.6. The van der Waals surface area contributed by atoms with Crippen molar-refractivity contribution in [3.8, 4) is 0 Å². The van der Waals surface area contributed by atoms with Crippen molar-refractivity contribution in [2.75, 3.05) is 26.7 Å². The third kappa shape index (κ3) is 4.40. The Balaban J connectivity index is 2.18. The number of hydrogen-bond donors (Lipinski definition) is 1. The van der Waals surface area contributed by atoms with Crippen LogP contribution in [0.4, 0.5) is 0 Å². The number of piperazine rings is 1. The molecule has 3 unspecified atom stereocenters. The first kappa shape index (κ1) is 13.9. The number of likely N-dealkylation sites (N-methyl/N-ethyl adjacent to an activating group) is 1. The van der Waals surface area contributed by atoms with E-state index in [9.17, 15) is 0 Å². The minimum Gasteiger partial charge on any atom is -0.328 e. The Morgan fingerprint density at radius 3 is 2.25 bits per heavy atom. The van der Waals surface area contributed by atoms with Crippen molar-refractivity contribution in [3.63, 3.8) is 0 Å². The van der Waals surface area contributed by atoms with Crippen LogP contribution in [0.25, 0.3) is 0 Å². The van der Waals surface area contributed by atoms with Crippen LogP contribution >= 0.6 is 0 Å². The minimum absolute atomic E-state index is 0.366. The predicted octanol–water partition coefficient (Wildman–Crippen LogP) is 1.53. The predicted molar refractivity (Wildman–Crippen MR) is 70.6 cm³/mol. The number of unbranched alkanes of at least 4 members (excludes halogenated alkanes) is 1. The number of hydrogen-bond acceptors (Lipinski definition) is 3. The monoisotopic (exact) mass is 227 g/mol. The van der Waals surface area contributed by atoms with E-state index >= 15 is 0 Å². The topological polar surface area (TPSA) is 32.5 Å². The van der Waals surface area contributed by atoms with Crippen molar-refractivity contribution in [1.82, 2.24) is 9.80 Å². The standard InChI is InChI=1S/C13H29N3/c1-11(14)7-5-6-8-16-9-12(2)15(4)13(3)10-16/h11-13H,5-10,14H2,1-4H3. The summed E-state index contributed by atoms with van der Waals surface area (Å²) in [6, 6.07) is 1.75. The Kier molecular flexibility index (Phi) is 5.73. The molecular formula is C13H29N3. The summed E-state index contributed by atoms with van der Waals surface area (Å²) in [5, 5.41) is 0. The molecule has 16 heavy (non-hydrogen) atoms. The van der Waals surface area contributed by atoms with Crippen molar-refractivity contribution < 1.29 is 0 Å². The highest BCUT2D eigenvalue weighted by molar-refractivity contribution is 4.82. The van der Waals surface area contributed by atoms with E-state index in [1.165, 1.54) is 38.9 Å². The minimum atomic E-state index is 0.366. The maximum absolute atomic E-state index is 5.75. The Morgan fingerprint density at radius 2 is 1.75 bits per heavy atom. The summed E-state index contributed by atoms with van der Waals surface area (Å²) in [5.41, 5.74) is 5.75. The zero-order valence-electron chi connectivity index (χ0n) is 11.4. The molecule has 0 radical (unpaired) electrons. The van der Waals surface area contributed by atoms with Gasteiger partial charge in [-0.3, -0.25) is 4.90 Å². The van der Waals surface area contributed by atoms with Gasteiger partial charge in [0, 0.05) is 31.2 Å². The molecule has 0 aromatic heterocycles. The highest BCUT2D eigenvalue weighted by Gasteiger charge is 2.25. The molecule has 1 heterocycles. The largest absolute Gasteiger partial charge is 0.328 e. The smallest absolute Gasteiger partial charge is 0.0195 e. The van der Waals surface area contributed by atoms with Gasteiger partial charge in [0.1, 0.15) is 0 Å². The van der Waals surface area contributed by atoms with Crippen LogP contribution in [0.15, 0.2) is 0 Å². The highest BCUT2D eigenvalue weighted by Crippen LogP contribution is 2.14. The van der Waals surface area contributed by atoms with Gasteiger partial charge < -0.3 is 10.6 Å². The van der Waals surface area contributed by atoms with Crippen molar-refractivity contribution in [3.05, 3.63) is 0 Å². The first-order valence-corrected chi connectivity index (χ1v) is 6.70. The maximum atomic E-state index is 5.75. The van der Waals surface area contributed by atoms with E-state index in [4.69, 9.17) is 5.73 Å². The van der Waals surface area contributed by atoms with Gasteiger partial charge in [0.15, 0.2) is 0 Å². The average molecular weight is 227 g/mol. The van der Waals surface area contributed by atoms with Gasteiger partial charge >= 0.3 is 0 Å². The van der Waals surface area contributed by atoms with E-state index in [0.717, 1.165) is 0 Å². The molecule has 96 valence electrons. The van der Waals surface area contributed by atoms with E-state index in [0.29, 0.717) is 18.1 Å². The average Bonchev–Trinajstić information content (AvgIpc) is 2.20. The molecule has 0 spiro atoms. The summed E-state index contributed by atoms with van der Waals surface area (Å²) in [7, 11) is 2.24. The van der Waals surface area contributed by atoms with E-state index in [1.54, 1.807) is 0 Å². The zero-order valence-corrected chi connectivity index (χ0v) is 11.4. The van der Waals surface area contributed by atoms with Gasteiger partial charge in [0.05, 0.1) is 0 Å². The summed E-state index contributed by atoms with van der Waals surface area (Å²) >= 11 is 0. The fraction of sp³-hybridized carbons (Fsp3) is 1.00. The van der Waals surface area contributed by atoms with Crippen molar-refractivity contribution >= 4 is 0 Å². The van der Waals surface area contributed by atoms with Crippen molar-refractivity contribution in [2.24, 2.45) is 5.73 Å². The van der Waals surface area contributed by atoms with E-state index in [2.05, 4.69) is 37.6 Å². The van der Waals surface area contributed by atoms with Gasteiger partial charge in [-0.1, -0.05) is 6.42 Å². The molecule has 1 rings (SSSR count). The van der Waals surface area contributed by atoms with Crippen molar-refractivity contribution in [2.45, 2.75) is 58.2 Å². The van der Waals surface area contributed by atoms with Gasteiger partial charge in [-0.25, -0.2) is 0 Å². The van der Waals surface area contributed by atoms with Crippen LogP contribution in [0, 0.1) is 0 Å². The molecule has 1 aliphatic rings. The lowest BCUT2D eigenvalue weighted by molar-refractivity contribution is 0.0590. The number of nitrogens with two attached hydrogens (primary N) is 1. The molecule has 1 saturated heterocycles. The van der Waals surface area contributed by atoms with Crippen molar-refractivity contribution in [1.29, 1.82) is 0 Å². The first-order chi connectivity index (χ1) is 7.50. The Labute approximate surface area is 101 Å². The molecule has 3 atom stereocenters. The van der Waals surface area contributed by atoms with Crippen LogP contribution in [-0.2, 0) is 0 Å². The molecule has 1 fully saturated rings. The van der Waals surface area contributed by atoms with Crippen LogP contribution in [0.1, 0.15) is 40.0 Å². The molecule has 1 aliphatic heterocycles. The van der Waals surface area contributed by atoms with Gasteiger partial charge in [0.25, 0.3) is 0 Å². The SMILES string of the molecule is CC(N)CCCCN1CC(C)N(C)C(C)C1. The Morgan fingerprint density at radius 1 is 1.19 bits per heavy atom. The van der Waals surface area contributed by atoms with E-state index in [-0.39, 0.29) is 0 Å². The maximum Gasteiger partial charge on any atom is 0.0195 e. The Hall–Kier alpha value is -0.120. The Bertz CT molecular complexity index is 182. The fourth-order valence-electron chi connectivity index (χ4n) is 2.50.